The van der Waals surface area contributed by atoms with Crippen LogP contribution in [0, 0.1) is 5.82 Å². The van der Waals surface area contributed by atoms with Gasteiger partial charge >= 0.3 is 6.03 Å². The van der Waals surface area contributed by atoms with Crippen LogP contribution in [0.3, 0.4) is 0 Å². The van der Waals surface area contributed by atoms with Crippen LogP contribution in [0.25, 0.3) is 0 Å². The molecule has 2 aromatic rings. The van der Waals surface area contributed by atoms with Crippen molar-refractivity contribution in [1.82, 2.24) is 14.5 Å². The molecule has 0 saturated carbocycles. The zero-order valence-corrected chi connectivity index (χ0v) is 18.2. The number of carbonyl (C=O) groups excluding carboxylic acids is 1. The third kappa shape index (κ3) is 5.17. The number of nitrogens with zero attached hydrogens (tertiary/aromatic N) is 2. The van der Waals surface area contributed by atoms with Crippen LogP contribution in [0.15, 0.2) is 53.4 Å². The summed E-state index contributed by atoms with van der Waals surface area (Å²) < 4.78 is 40.1. The van der Waals surface area contributed by atoms with Crippen molar-refractivity contribution in [3.05, 3.63) is 65.5 Å². The molecule has 0 spiro atoms. The molecule has 1 fully saturated rings. The first-order chi connectivity index (χ1) is 14.3. The average molecular weight is 434 g/mol. The van der Waals surface area contributed by atoms with Crippen LogP contribution in [-0.4, -0.2) is 43.8 Å². The van der Waals surface area contributed by atoms with Gasteiger partial charge in [-0.25, -0.2) is 17.6 Å². The van der Waals surface area contributed by atoms with Gasteiger partial charge in [0.2, 0.25) is 10.0 Å². The molecule has 30 heavy (non-hydrogen) atoms. The Morgan fingerprint density at radius 3 is 2.27 bits per heavy atom. The number of piperidine rings is 1. The number of sulfonamides is 1. The maximum absolute atomic E-state index is 13.1. The number of rotatable bonds is 6. The fourth-order valence-corrected chi connectivity index (χ4v) is 4.99. The van der Waals surface area contributed by atoms with E-state index in [0.717, 1.165) is 30.4 Å². The van der Waals surface area contributed by atoms with E-state index in [4.69, 9.17) is 0 Å². The lowest BCUT2D eigenvalue weighted by atomic mass is 10.1. The van der Waals surface area contributed by atoms with Crippen molar-refractivity contribution in [2.24, 2.45) is 0 Å². The molecule has 1 saturated heterocycles. The van der Waals surface area contributed by atoms with E-state index in [9.17, 15) is 17.6 Å². The Morgan fingerprint density at radius 2 is 1.67 bits per heavy atom. The summed E-state index contributed by atoms with van der Waals surface area (Å²) in [5.41, 5.74) is 1.64. The molecule has 2 aromatic carbocycles. The van der Waals surface area contributed by atoms with Crippen molar-refractivity contribution in [3.63, 3.8) is 0 Å². The van der Waals surface area contributed by atoms with Crippen molar-refractivity contribution >= 4 is 16.1 Å². The predicted octanol–water partition coefficient (Wildman–Crippen LogP) is 3.90. The van der Waals surface area contributed by atoms with Gasteiger partial charge in [-0.1, -0.05) is 30.7 Å². The summed E-state index contributed by atoms with van der Waals surface area (Å²) >= 11 is 0. The summed E-state index contributed by atoms with van der Waals surface area (Å²) in [6, 6.07) is 12.2. The van der Waals surface area contributed by atoms with Crippen molar-refractivity contribution in [3.8, 4) is 0 Å². The second-order valence-corrected chi connectivity index (χ2v) is 9.54. The summed E-state index contributed by atoms with van der Waals surface area (Å²) in [4.78, 5) is 14.3. The van der Waals surface area contributed by atoms with Crippen molar-refractivity contribution in [2.45, 2.75) is 43.7 Å². The van der Waals surface area contributed by atoms with Gasteiger partial charge < -0.3 is 10.2 Å². The molecule has 1 aliphatic heterocycles. The first kappa shape index (κ1) is 22.2. The Labute approximate surface area is 177 Å². The first-order valence-electron chi connectivity index (χ1n) is 10.1. The van der Waals surface area contributed by atoms with E-state index in [0.29, 0.717) is 13.1 Å². The van der Waals surface area contributed by atoms with Crippen LogP contribution in [0.1, 0.15) is 43.4 Å². The molecular weight excluding hydrogens is 405 g/mol. The Hall–Kier alpha value is -2.45. The van der Waals surface area contributed by atoms with Crippen LogP contribution in [-0.2, 0) is 16.6 Å². The molecule has 0 aromatic heterocycles. The summed E-state index contributed by atoms with van der Waals surface area (Å²) in [6.07, 6.45) is 2.86. The molecule has 0 aliphatic carbocycles. The minimum absolute atomic E-state index is 0.220. The van der Waals surface area contributed by atoms with Crippen LogP contribution in [0.2, 0.25) is 0 Å². The summed E-state index contributed by atoms with van der Waals surface area (Å²) in [6.45, 7) is 3.29. The maximum Gasteiger partial charge on any atom is 0.317 e. The van der Waals surface area contributed by atoms with Crippen LogP contribution in [0.5, 0.6) is 0 Å². The summed E-state index contributed by atoms with van der Waals surface area (Å²) in [5.74, 6) is -0.316. The highest BCUT2D eigenvalue weighted by Crippen LogP contribution is 2.21. The standard InChI is InChI=1S/C22H28FN3O3S/c1-17(19-8-10-20(23)11-9-19)25(2)22(27)24-16-18-6-12-21(13-7-18)30(28,29)26-14-4-3-5-15-26/h6-13,17H,3-5,14-16H2,1-2H3,(H,24,27). The zero-order valence-electron chi connectivity index (χ0n) is 17.3. The van der Waals surface area contributed by atoms with E-state index in [1.54, 1.807) is 52.7 Å². The molecule has 8 heteroatoms. The van der Waals surface area contributed by atoms with E-state index in [2.05, 4.69) is 5.32 Å². The molecule has 0 radical (unpaired) electrons. The number of hydrogen-bond acceptors (Lipinski definition) is 3. The lowest BCUT2D eigenvalue weighted by molar-refractivity contribution is 0.194. The number of carbonyl (C=O) groups is 1. The second kappa shape index (κ2) is 9.57. The Bertz CT molecular complexity index is 956. The molecule has 0 bridgehead atoms. The minimum atomic E-state index is -3.46. The normalized spacial score (nSPS) is 16.1. The molecule has 3 rings (SSSR count). The van der Waals surface area contributed by atoms with Gasteiger partial charge in [-0.15, -0.1) is 0 Å². The Balaban J connectivity index is 1.57. The molecular formula is C22H28FN3O3S. The molecule has 1 atom stereocenters. The van der Waals surface area contributed by atoms with Gasteiger partial charge in [-0.2, -0.15) is 4.31 Å². The molecule has 162 valence electrons. The average Bonchev–Trinajstić information content (AvgIpc) is 2.78. The number of hydrogen-bond donors (Lipinski definition) is 1. The monoisotopic (exact) mass is 433 g/mol. The van der Waals surface area contributed by atoms with Crippen LogP contribution in [0.4, 0.5) is 9.18 Å². The number of halogens is 1. The number of benzene rings is 2. The SMILES string of the molecule is CC(c1ccc(F)cc1)N(C)C(=O)NCc1ccc(S(=O)(=O)N2CCCCC2)cc1. The van der Waals surface area contributed by atoms with Crippen molar-refractivity contribution in [1.29, 1.82) is 0 Å². The highest BCUT2D eigenvalue weighted by atomic mass is 32.2. The molecule has 1 aliphatic rings. The topological polar surface area (TPSA) is 69.7 Å². The van der Waals surface area contributed by atoms with E-state index < -0.39 is 10.0 Å². The summed E-state index contributed by atoms with van der Waals surface area (Å²) in [5, 5.41) is 2.84. The molecule has 6 nitrogen and oxygen atoms in total. The van der Waals surface area contributed by atoms with Gasteiger partial charge in [0.25, 0.3) is 0 Å². The highest BCUT2D eigenvalue weighted by Gasteiger charge is 2.25. The fourth-order valence-electron chi connectivity index (χ4n) is 3.48. The van der Waals surface area contributed by atoms with Crippen LogP contribution < -0.4 is 5.32 Å². The third-order valence-electron chi connectivity index (χ3n) is 5.57. The van der Waals surface area contributed by atoms with Gasteiger partial charge in [0.1, 0.15) is 5.82 Å². The van der Waals surface area contributed by atoms with E-state index in [1.165, 1.54) is 12.1 Å². The minimum Gasteiger partial charge on any atom is -0.334 e. The number of amides is 2. The number of urea groups is 1. The van der Waals surface area contributed by atoms with E-state index in [-0.39, 0.29) is 29.3 Å². The van der Waals surface area contributed by atoms with Gasteiger partial charge in [0, 0.05) is 26.7 Å². The zero-order chi connectivity index (χ0) is 21.7. The number of nitrogens with one attached hydrogen (secondary N) is 1. The molecule has 1 unspecified atom stereocenters. The maximum atomic E-state index is 13.1. The Kier molecular flexibility index (Phi) is 7.10. The lowest BCUT2D eigenvalue weighted by Crippen LogP contribution is -2.38. The summed E-state index contributed by atoms with van der Waals surface area (Å²) in [7, 11) is -1.78. The largest absolute Gasteiger partial charge is 0.334 e. The highest BCUT2D eigenvalue weighted by molar-refractivity contribution is 7.89. The van der Waals surface area contributed by atoms with Crippen molar-refractivity contribution < 1.29 is 17.6 Å². The lowest BCUT2D eigenvalue weighted by Gasteiger charge is -2.26. The quantitative estimate of drug-likeness (QED) is 0.751. The molecule has 1 heterocycles. The smallest absolute Gasteiger partial charge is 0.317 e. The molecule has 2 amide bonds. The first-order valence-corrected chi connectivity index (χ1v) is 11.6. The fraction of sp³-hybridized carbons (Fsp3) is 0.409. The van der Waals surface area contributed by atoms with Gasteiger partial charge in [-0.05, 0) is 55.2 Å². The van der Waals surface area contributed by atoms with Gasteiger partial charge in [0.05, 0.1) is 10.9 Å². The van der Waals surface area contributed by atoms with Crippen molar-refractivity contribution in [2.75, 3.05) is 20.1 Å². The van der Waals surface area contributed by atoms with E-state index in [1.807, 2.05) is 6.92 Å². The van der Waals surface area contributed by atoms with Gasteiger partial charge in [0.15, 0.2) is 0 Å². The second-order valence-electron chi connectivity index (χ2n) is 7.61. The predicted molar refractivity (Wildman–Crippen MR) is 114 cm³/mol. The third-order valence-corrected chi connectivity index (χ3v) is 7.49. The Morgan fingerprint density at radius 1 is 1.07 bits per heavy atom. The van der Waals surface area contributed by atoms with Crippen LogP contribution >= 0.6 is 0 Å². The van der Waals surface area contributed by atoms with Gasteiger partial charge in [-0.3, -0.25) is 0 Å². The molecule has 1 N–H and O–H groups in total. The van der Waals surface area contributed by atoms with E-state index >= 15 is 0 Å².